The van der Waals surface area contributed by atoms with E-state index in [1.54, 1.807) is 0 Å². The molecule has 0 amide bonds. The molecule has 4 rings (SSSR count). The van der Waals surface area contributed by atoms with Crippen LogP contribution in [0, 0.1) is 40.4 Å². The summed E-state index contributed by atoms with van der Waals surface area (Å²) in [5.74, 6) is 4.81. The average molecular weight is 361 g/mol. The molecule has 0 bridgehead atoms. The van der Waals surface area contributed by atoms with Crippen LogP contribution in [0.15, 0.2) is 0 Å². The van der Waals surface area contributed by atoms with Crippen LogP contribution in [0.3, 0.4) is 0 Å². The first kappa shape index (κ1) is 19.3. The Morgan fingerprint density at radius 1 is 0.808 bits per heavy atom. The minimum absolute atomic E-state index is 0.00235. The molecule has 0 heterocycles. The van der Waals surface area contributed by atoms with Crippen LogP contribution < -0.4 is 0 Å². The lowest BCUT2D eigenvalue weighted by Crippen LogP contribution is -2.53. The molecule has 3 unspecified atom stereocenters. The van der Waals surface area contributed by atoms with Crippen molar-refractivity contribution in [1.29, 1.82) is 0 Å². The van der Waals surface area contributed by atoms with Crippen molar-refractivity contribution in [1.82, 2.24) is 0 Å². The molecule has 4 saturated carbocycles. The van der Waals surface area contributed by atoms with Crippen molar-refractivity contribution >= 4 is 0 Å². The summed E-state index contributed by atoms with van der Waals surface area (Å²) in [6.07, 6.45) is 19.6. The highest BCUT2D eigenvalue weighted by Gasteiger charge is 2.59. The SMILES string of the molecule is CCCCCC[C@H]1CCC2[C@@H]3CCC4C[C@@H](O)CC[C@]4(C)C3CC[C@@]21C. The lowest BCUT2D eigenvalue weighted by molar-refractivity contribution is -0.127. The van der Waals surface area contributed by atoms with Crippen molar-refractivity contribution in [2.45, 2.75) is 117 Å². The number of aliphatic hydroxyl groups is 1. The fraction of sp³-hybridized carbons (Fsp3) is 1.00. The first-order chi connectivity index (χ1) is 12.5. The van der Waals surface area contributed by atoms with Gasteiger partial charge >= 0.3 is 0 Å². The second kappa shape index (κ2) is 7.41. The predicted molar refractivity (Wildman–Crippen MR) is 110 cm³/mol. The number of hydrogen-bond acceptors (Lipinski definition) is 1. The monoisotopic (exact) mass is 360 g/mol. The second-order valence-corrected chi connectivity index (χ2v) is 11.3. The molecule has 0 aromatic rings. The molecule has 0 aromatic carbocycles. The third-order valence-corrected chi connectivity index (χ3v) is 10.2. The van der Waals surface area contributed by atoms with Gasteiger partial charge in [-0.25, -0.2) is 0 Å². The van der Waals surface area contributed by atoms with E-state index in [0.29, 0.717) is 10.8 Å². The van der Waals surface area contributed by atoms with E-state index in [9.17, 15) is 5.11 Å². The van der Waals surface area contributed by atoms with Gasteiger partial charge in [0.2, 0.25) is 0 Å². The molecule has 0 aromatic heterocycles. The number of unbranched alkanes of at least 4 members (excludes halogenated alkanes) is 3. The lowest BCUT2D eigenvalue weighted by Gasteiger charge is -2.61. The number of rotatable bonds is 5. The molecule has 1 nitrogen and oxygen atoms in total. The van der Waals surface area contributed by atoms with Gasteiger partial charge in [0.1, 0.15) is 0 Å². The van der Waals surface area contributed by atoms with Gasteiger partial charge in [0, 0.05) is 0 Å². The van der Waals surface area contributed by atoms with Crippen molar-refractivity contribution in [3.63, 3.8) is 0 Å². The van der Waals surface area contributed by atoms with Crippen molar-refractivity contribution < 1.29 is 5.11 Å². The summed E-state index contributed by atoms with van der Waals surface area (Å²) in [6.45, 7) is 7.65. The van der Waals surface area contributed by atoms with Gasteiger partial charge in [0.05, 0.1) is 6.10 Å². The molecule has 4 aliphatic rings. The van der Waals surface area contributed by atoms with Gasteiger partial charge in [-0.15, -0.1) is 0 Å². The minimum Gasteiger partial charge on any atom is -0.393 e. The zero-order chi connectivity index (χ0) is 18.4. The van der Waals surface area contributed by atoms with Crippen molar-refractivity contribution in [3.8, 4) is 0 Å². The summed E-state index contributed by atoms with van der Waals surface area (Å²) >= 11 is 0. The molecule has 4 fully saturated rings. The van der Waals surface area contributed by atoms with Crippen LogP contribution in [0.1, 0.15) is 111 Å². The molecule has 8 atom stereocenters. The molecule has 1 N–H and O–H groups in total. The van der Waals surface area contributed by atoms with Crippen molar-refractivity contribution in [2.75, 3.05) is 0 Å². The Morgan fingerprint density at radius 2 is 1.58 bits per heavy atom. The number of hydrogen-bond donors (Lipinski definition) is 1. The van der Waals surface area contributed by atoms with E-state index in [2.05, 4.69) is 20.8 Å². The third kappa shape index (κ3) is 3.09. The molecule has 1 heteroatoms. The number of aliphatic hydroxyl groups excluding tert-OH is 1. The summed E-state index contributed by atoms with van der Waals surface area (Å²) in [6, 6.07) is 0. The first-order valence-corrected chi connectivity index (χ1v) is 12.2. The van der Waals surface area contributed by atoms with E-state index >= 15 is 0 Å². The van der Waals surface area contributed by atoms with Gasteiger partial charge in [0.25, 0.3) is 0 Å². The smallest absolute Gasteiger partial charge is 0.0543 e. The Morgan fingerprint density at radius 3 is 2.38 bits per heavy atom. The van der Waals surface area contributed by atoms with Crippen LogP contribution >= 0.6 is 0 Å². The normalized spacial score (nSPS) is 50.8. The van der Waals surface area contributed by atoms with Gasteiger partial charge in [-0.2, -0.15) is 0 Å². The Balaban J connectivity index is 1.46. The molecule has 4 aliphatic carbocycles. The molecule has 26 heavy (non-hydrogen) atoms. The van der Waals surface area contributed by atoms with Gasteiger partial charge in [-0.1, -0.05) is 46.5 Å². The second-order valence-electron chi connectivity index (χ2n) is 11.3. The largest absolute Gasteiger partial charge is 0.393 e. The van der Waals surface area contributed by atoms with Gasteiger partial charge < -0.3 is 5.11 Å². The summed E-state index contributed by atoms with van der Waals surface area (Å²) in [5.41, 5.74) is 1.20. The molecular weight excluding hydrogens is 316 g/mol. The molecular formula is C25H44O. The van der Waals surface area contributed by atoms with E-state index < -0.39 is 0 Å². The van der Waals surface area contributed by atoms with Crippen LogP contribution in [-0.2, 0) is 0 Å². The maximum atomic E-state index is 10.2. The Labute approximate surface area is 162 Å². The van der Waals surface area contributed by atoms with Crippen molar-refractivity contribution in [3.05, 3.63) is 0 Å². The van der Waals surface area contributed by atoms with Crippen LogP contribution in [-0.4, -0.2) is 11.2 Å². The first-order valence-electron chi connectivity index (χ1n) is 12.2. The Hall–Kier alpha value is -0.0400. The van der Waals surface area contributed by atoms with Gasteiger partial charge in [-0.05, 0) is 105 Å². The highest BCUT2D eigenvalue weighted by Crippen LogP contribution is 2.67. The zero-order valence-electron chi connectivity index (χ0n) is 17.8. The van der Waals surface area contributed by atoms with Crippen LogP contribution in [0.5, 0.6) is 0 Å². The fourth-order valence-electron chi connectivity index (χ4n) is 8.64. The summed E-state index contributed by atoms with van der Waals surface area (Å²) in [7, 11) is 0. The maximum absolute atomic E-state index is 10.2. The van der Waals surface area contributed by atoms with E-state index in [0.717, 1.165) is 42.4 Å². The Kier molecular flexibility index (Phi) is 5.50. The van der Waals surface area contributed by atoms with E-state index in [1.807, 2.05) is 0 Å². The minimum atomic E-state index is -0.00235. The molecule has 150 valence electrons. The predicted octanol–water partition coefficient (Wildman–Crippen LogP) is 6.98. The van der Waals surface area contributed by atoms with Crippen LogP contribution in [0.4, 0.5) is 0 Å². The van der Waals surface area contributed by atoms with Gasteiger partial charge in [0.15, 0.2) is 0 Å². The van der Waals surface area contributed by atoms with Gasteiger partial charge in [-0.3, -0.25) is 0 Å². The zero-order valence-corrected chi connectivity index (χ0v) is 17.8. The lowest BCUT2D eigenvalue weighted by atomic mass is 9.44. The summed E-state index contributed by atoms with van der Waals surface area (Å²) in [4.78, 5) is 0. The quantitative estimate of drug-likeness (QED) is 0.524. The topological polar surface area (TPSA) is 20.2 Å². The number of fused-ring (bicyclic) bond motifs is 5. The Bertz CT molecular complexity index is 487. The van der Waals surface area contributed by atoms with E-state index in [4.69, 9.17) is 0 Å². The highest BCUT2D eigenvalue weighted by atomic mass is 16.3. The van der Waals surface area contributed by atoms with Crippen molar-refractivity contribution in [2.24, 2.45) is 40.4 Å². The fourth-order valence-corrected chi connectivity index (χ4v) is 8.64. The van der Waals surface area contributed by atoms with Crippen LogP contribution in [0.25, 0.3) is 0 Å². The summed E-state index contributed by atoms with van der Waals surface area (Å²) in [5, 5.41) is 10.2. The molecule has 0 radical (unpaired) electrons. The maximum Gasteiger partial charge on any atom is 0.0543 e. The third-order valence-electron chi connectivity index (χ3n) is 10.2. The standard InChI is InChI=1S/C25H44O/c1-4-5-6-7-8-18-10-12-22-21-11-9-19-17-20(26)13-15-25(19,3)23(21)14-16-24(18,22)2/h18-23,26H,4-17H2,1-3H3/t18-,19?,20-,21-,22?,23?,24+,25-/m0/s1. The molecule has 0 aliphatic heterocycles. The average Bonchev–Trinajstić information content (AvgIpc) is 2.96. The van der Waals surface area contributed by atoms with E-state index in [1.165, 1.54) is 77.0 Å². The molecule has 0 spiro atoms. The summed E-state index contributed by atoms with van der Waals surface area (Å²) < 4.78 is 0. The van der Waals surface area contributed by atoms with E-state index in [-0.39, 0.29) is 6.10 Å². The highest BCUT2D eigenvalue weighted by molar-refractivity contribution is 5.09. The molecule has 0 saturated heterocycles. The van der Waals surface area contributed by atoms with Crippen LogP contribution in [0.2, 0.25) is 0 Å².